The Kier molecular flexibility index (Phi) is 6.09. The van der Waals surface area contributed by atoms with Gasteiger partial charge in [0.1, 0.15) is 0 Å². The summed E-state index contributed by atoms with van der Waals surface area (Å²) in [6.45, 7) is 6.78. The van der Waals surface area contributed by atoms with Gasteiger partial charge in [-0.25, -0.2) is 4.79 Å². The molecule has 0 saturated carbocycles. The fourth-order valence-corrected chi connectivity index (χ4v) is 3.97. The zero-order valence-electron chi connectivity index (χ0n) is 17.4. The fraction of sp³-hybridized carbons (Fsp3) is 0.348. The third-order valence-corrected chi connectivity index (χ3v) is 5.50. The van der Waals surface area contributed by atoms with Crippen molar-refractivity contribution < 1.29 is 9.53 Å². The zero-order valence-corrected chi connectivity index (χ0v) is 17.4. The number of aromatic nitrogens is 3. The molecule has 1 atom stereocenters. The number of hydrogen-bond donors (Lipinski definition) is 1. The van der Waals surface area contributed by atoms with E-state index in [0.29, 0.717) is 32.8 Å². The van der Waals surface area contributed by atoms with Crippen molar-refractivity contribution in [1.82, 2.24) is 25.0 Å². The van der Waals surface area contributed by atoms with Crippen LogP contribution in [-0.2, 0) is 17.8 Å². The third-order valence-electron chi connectivity index (χ3n) is 5.50. The van der Waals surface area contributed by atoms with Crippen LogP contribution in [0.25, 0.3) is 0 Å². The van der Waals surface area contributed by atoms with Crippen molar-refractivity contribution >= 4 is 6.03 Å². The van der Waals surface area contributed by atoms with Crippen LogP contribution in [0.15, 0.2) is 54.9 Å². The van der Waals surface area contributed by atoms with Gasteiger partial charge in [-0.05, 0) is 31.0 Å². The first-order valence-corrected chi connectivity index (χ1v) is 10.2. The molecule has 1 aliphatic rings. The second kappa shape index (κ2) is 9.09. The average molecular weight is 406 g/mol. The monoisotopic (exact) mass is 405 g/mol. The van der Waals surface area contributed by atoms with E-state index >= 15 is 0 Å². The molecule has 156 valence electrons. The number of urea groups is 1. The number of amides is 2. The van der Waals surface area contributed by atoms with E-state index < -0.39 is 0 Å². The van der Waals surface area contributed by atoms with Gasteiger partial charge < -0.3 is 15.0 Å². The quantitative estimate of drug-likeness (QED) is 0.707. The van der Waals surface area contributed by atoms with Crippen LogP contribution < -0.4 is 5.32 Å². The highest BCUT2D eigenvalue weighted by molar-refractivity contribution is 5.75. The van der Waals surface area contributed by atoms with E-state index in [1.807, 2.05) is 46.8 Å². The summed E-state index contributed by atoms with van der Waals surface area (Å²) < 4.78 is 7.76. The van der Waals surface area contributed by atoms with Gasteiger partial charge in [0.05, 0.1) is 31.5 Å². The van der Waals surface area contributed by atoms with Crippen LogP contribution in [0.1, 0.15) is 34.1 Å². The summed E-state index contributed by atoms with van der Waals surface area (Å²) in [6.07, 6.45) is 3.49. The van der Waals surface area contributed by atoms with E-state index in [1.54, 1.807) is 12.4 Å². The molecule has 7 nitrogen and oxygen atoms in total. The van der Waals surface area contributed by atoms with Crippen molar-refractivity contribution in [3.05, 3.63) is 82.9 Å². The molecule has 0 bridgehead atoms. The van der Waals surface area contributed by atoms with Gasteiger partial charge >= 0.3 is 6.03 Å². The lowest BCUT2D eigenvalue weighted by Gasteiger charge is -2.36. The number of benzene rings is 1. The summed E-state index contributed by atoms with van der Waals surface area (Å²) in [6, 6.07) is 13.8. The Balaban J connectivity index is 1.53. The smallest absolute Gasteiger partial charge is 0.318 e. The molecule has 1 N–H and O–H groups in total. The highest BCUT2D eigenvalue weighted by Crippen LogP contribution is 2.30. The van der Waals surface area contributed by atoms with Gasteiger partial charge in [0.15, 0.2) is 0 Å². The number of rotatable bonds is 5. The number of hydrogen-bond acceptors (Lipinski definition) is 4. The molecule has 1 unspecified atom stereocenters. The average Bonchev–Trinajstić information content (AvgIpc) is 3.06. The van der Waals surface area contributed by atoms with Gasteiger partial charge in [-0.15, -0.1) is 0 Å². The minimum atomic E-state index is -0.155. The molecule has 7 heteroatoms. The molecule has 0 spiro atoms. The number of nitrogens with one attached hydrogen (secondary N) is 1. The van der Waals surface area contributed by atoms with Gasteiger partial charge in [-0.1, -0.05) is 36.4 Å². The molecule has 30 heavy (non-hydrogen) atoms. The lowest BCUT2D eigenvalue weighted by molar-refractivity contribution is 0.0111. The molecule has 2 amide bonds. The second-order valence-electron chi connectivity index (χ2n) is 7.53. The van der Waals surface area contributed by atoms with Gasteiger partial charge in [0.2, 0.25) is 0 Å². The molecule has 1 aromatic carbocycles. The number of carbonyl (C=O) groups is 1. The van der Waals surface area contributed by atoms with Crippen molar-refractivity contribution in [2.24, 2.45) is 0 Å². The fourth-order valence-electron chi connectivity index (χ4n) is 3.97. The number of morpholine rings is 1. The summed E-state index contributed by atoms with van der Waals surface area (Å²) in [4.78, 5) is 19.0. The number of nitrogens with zero attached hydrogens (tertiary/aromatic N) is 4. The lowest BCUT2D eigenvalue weighted by atomic mass is 10.0. The van der Waals surface area contributed by atoms with Crippen LogP contribution in [-0.4, -0.2) is 45.5 Å². The first kappa shape index (κ1) is 20.1. The Morgan fingerprint density at radius 1 is 1.17 bits per heavy atom. The van der Waals surface area contributed by atoms with E-state index in [1.165, 1.54) is 5.56 Å². The zero-order chi connectivity index (χ0) is 20.9. The summed E-state index contributed by atoms with van der Waals surface area (Å²) in [5, 5.41) is 7.78. The minimum absolute atomic E-state index is 0.0956. The van der Waals surface area contributed by atoms with E-state index in [9.17, 15) is 4.79 Å². The first-order chi connectivity index (χ1) is 14.6. The SMILES string of the molecule is Cc1nn(Cc2ccccc2)c(C)c1C1COCCN1C(=O)NCc1cccnc1. The normalized spacial score (nSPS) is 16.5. The standard InChI is InChI=1S/C23H27N5O2/c1-17-22(18(2)28(26-17)15-19-7-4-3-5-8-19)21-16-30-12-11-27(21)23(29)25-14-20-9-6-10-24-13-20/h3-10,13,21H,11-12,14-16H2,1-2H3,(H,25,29). The number of ether oxygens (including phenoxy) is 1. The molecule has 0 aliphatic carbocycles. The molecule has 2 aromatic heterocycles. The van der Waals surface area contributed by atoms with Crippen LogP contribution in [0.2, 0.25) is 0 Å². The summed E-state index contributed by atoms with van der Waals surface area (Å²) >= 11 is 0. The first-order valence-electron chi connectivity index (χ1n) is 10.2. The van der Waals surface area contributed by atoms with Gasteiger partial charge in [-0.2, -0.15) is 5.10 Å². The lowest BCUT2D eigenvalue weighted by Crippen LogP contribution is -2.48. The van der Waals surface area contributed by atoms with Crippen molar-refractivity contribution in [3.63, 3.8) is 0 Å². The number of pyridine rings is 1. The number of aryl methyl sites for hydroxylation is 1. The summed E-state index contributed by atoms with van der Waals surface area (Å²) in [5.74, 6) is 0. The minimum Gasteiger partial charge on any atom is -0.377 e. The van der Waals surface area contributed by atoms with Crippen LogP contribution in [0.5, 0.6) is 0 Å². The highest BCUT2D eigenvalue weighted by Gasteiger charge is 2.32. The maximum atomic E-state index is 13.0. The number of carbonyl (C=O) groups excluding carboxylic acids is 1. The Morgan fingerprint density at radius 2 is 1.97 bits per heavy atom. The van der Waals surface area contributed by atoms with E-state index in [4.69, 9.17) is 9.84 Å². The van der Waals surface area contributed by atoms with Crippen LogP contribution >= 0.6 is 0 Å². The maximum Gasteiger partial charge on any atom is 0.318 e. The van der Waals surface area contributed by atoms with Gasteiger partial charge in [0.25, 0.3) is 0 Å². The van der Waals surface area contributed by atoms with Crippen LogP contribution in [0.3, 0.4) is 0 Å². The van der Waals surface area contributed by atoms with E-state index in [2.05, 4.69) is 29.4 Å². The predicted octanol–water partition coefficient (Wildman–Crippen LogP) is 3.23. The van der Waals surface area contributed by atoms with Gasteiger partial charge in [0, 0.05) is 36.7 Å². The summed E-state index contributed by atoms with van der Waals surface area (Å²) in [7, 11) is 0. The van der Waals surface area contributed by atoms with Crippen molar-refractivity contribution in [1.29, 1.82) is 0 Å². The van der Waals surface area contributed by atoms with Crippen LogP contribution in [0, 0.1) is 13.8 Å². The predicted molar refractivity (Wildman–Crippen MR) is 114 cm³/mol. The molecule has 4 rings (SSSR count). The largest absolute Gasteiger partial charge is 0.377 e. The molecule has 1 aliphatic heterocycles. The second-order valence-corrected chi connectivity index (χ2v) is 7.53. The van der Waals surface area contributed by atoms with Crippen molar-refractivity contribution in [2.75, 3.05) is 19.8 Å². The van der Waals surface area contributed by atoms with Crippen molar-refractivity contribution in [3.8, 4) is 0 Å². The van der Waals surface area contributed by atoms with Gasteiger partial charge in [-0.3, -0.25) is 9.67 Å². The molecule has 1 fully saturated rings. The molecular formula is C23H27N5O2. The third kappa shape index (κ3) is 4.36. The topological polar surface area (TPSA) is 72.3 Å². The molecule has 3 aromatic rings. The molecule has 1 saturated heterocycles. The Labute approximate surface area is 176 Å². The Morgan fingerprint density at radius 3 is 2.73 bits per heavy atom. The van der Waals surface area contributed by atoms with Crippen molar-refractivity contribution in [2.45, 2.75) is 33.0 Å². The Bertz CT molecular complexity index is 988. The molecule has 3 heterocycles. The van der Waals surface area contributed by atoms with E-state index in [-0.39, 0.29) is 12.1 Å². The highest BCUT2D eigenvalue weighted by atomic mass is 16.5. The molecule has 0 radical (unpaired) electrons. The molecular weight excluding hydrogens is 378 g/mol. The summed E-state index contributed by atoms with van der Waals surface area (Å²) in [5.41, 5.74) is 5.24. The van der Waals surface area contributed by atoms with Crippen LogP contribution in [0.4, 0.5) is 4.79 Å². The Hall–Kier alpha value is -3.19. The van der Waals surface area contributed by atoms with E-state index in [0.717, 1.165) is 22.5 Å². The maximum absolute atomic E-state index is 13.0.